The lowest BCUT2D eigenvalue weighted by molar-refractivity contribution is 0.582. The number of benzene rings is 2. The summed E-state index contributed by atoms with van der Waals surface area (Å²) in [6, 6.07) is 12.2. The van der Waals surface area contributed by atoms with Crippen molar-refractivity contribution in [3.63, 3.8) is 0 Å². The topological polar surface area (TPSA) is 22.8 Å². The van der Waals surface area contributed by atoms with Crippen LogP contribution in [0.5, 0.6) is 0 Å². The number of rotatable bonds is 5. The fourth-order valence-electron chi connectivity index (χ4n) is 3.55. The first-order chi connectivity index (χ1) is 13.1. The van der Waals surface area contributed by atoms with Gasteiger partial charge in [0.25, 0.3) is 0 Å². The van der Waals surface area contributed by atoms with Crippen LogP contribution in [0.4, 0.5) is 0 Å². The van der Waals surface area contributed by atoms with Crippen molar-refractivity contribution in [1.29, 1.82) is 0 Å². The molecule has 1 unspecified atom stereocenters. The zero-order chi connectivity index (χ0) is 19.0. The summed E-state index contributed by atoms with van der Waals surface area (Å²) >= 11 is 16.2. The minimum absolute atomic E-state index is 0.0794. The molecule has 0 aliphatic rings. The Morgan fingerprint density at radius 3 is 2.70 bits per heavy atom. The lowest BCUT2D eigenvalue weighted by atomic mass is 9.98. The molecule has 2 heterocycles. The maximum Gasteiger partial charge on any atom is 0.0951 e. The van der Waals surface area contributed by atoms with Crippen molar-refractivity contribution < 1.29 is 0 Å². The number of imidazole rings is 1. The van der Waals surface area contributed by atoms with Crippen LogP contribution in [0.2, 0.25) is 10.0 Å². The lowest BCUT2D eigenvalue weighted by Gasteiger charge is -2.19. The fraction of sp³-hybridized carbons (Fsp3) is 0.190. The van der Waals surface area contributed by atoms with E-state index in [0.29, 0.717) is 10.0 Å². The summed E-state index contributed by atoms with van der Waals surface area (Å²) in [4.78, 5) is 4.26. The Hall–Kier alpha value is -1.75. The van der Waals surface area contributed by atoms with E-state index in [1.165, 1.54) is 16.5 Å². The molecule has 2 aromatic carbocycles. The van der Waals surface area contributed by atoms with Gasteiger partial charge in [-0.05, 0) is 49.2 Å². The molecule has 0 spiro atoms. The van der Waals surface area contributed by atoms with E-state index in [1.807, 2.05) is 30.9 Å². The van der Waals surface area contributed by atoms with Crippen LogP contribution in [0.3, 0.4) is 0 Å². The van der Waals surface area contributed by atoms with Gasteiger partial charge in [0.2, 0.25) is 0 Å². The molecule has 0 saturated heterocycles. The Morgan fingerprint density at radius 1 is 1.15 bits per heavy atom. The van der Waals surface area contributed by atoms with E-state index in [4.69, 9.17) is 23.2 Å². The van der Waals surface area contributed by atoms with Gasteiger partial charge in [-0.15, -0.1) is 0 Å². The number of halogens is 3. The number of hydrogen-bond donors (Lipinski definition) is 0. The van der Waals surface area contributed by atoms with Gasteiger partial charge >= 0.3 is 0 Å². The third-order valence-electron chi connectivity index (χ3n) is 4.89. The van der Waals surface area contributed by atoms with Gasteiger partial charge < -0.3 is 9.13 Å². The molecule has 6 heteroatoms. The van der Waals surface area contributed by atoms with Gasteiger partial charge in [-0.2, -0.15) is 0 Å². The average molecular weight is 463 g/mol. The smallest absolute Gasteiger partial charge is 0.0951 e. The summed E-state index contributed by atoms with van der Waals surface area (Å²) in [5, 5.41) is 2.57. The number of aromatic nitrogens is 3. The molecule has 0 aliphatic carbocycles. The van der Waals surface area contributed by atoms with E-state index < -0.39 is 0 Å². The molecule has 0 aliphatic heterocycles. The molecule has 0 N–H and O–H groups in total. The summed E-state index contributed by atoms with van der Waals surface area (Å²) in [5.41, 5.74) is 3.53. The second-order valence-corrected chi connectivity index (χ2v) is 8.26. The molecular weight excluding hydrogens is 445 g/mol. The molecule has 0 amide bonds. The molecule has 0 radical (unpaired) electrons. The Kier molecular flexibility index (Phi) is 5.31. The Labute approximate surface area is 176 Å². The van der Waals surface area contributed by atoms with Crippen LogP contribution >= 0.6 is 39.1 Å². The van der Waals surface area contributed by atoms with Crippen molar-refractivity contribution in [2.75, 3.05) is 0 Å². The van der Waals surface area contributed by atoms with Crippen molar-refractivity contribution in [3.05, 3.63) is 87.0 Å². The van der Waals surface area contributed by atoms with Gasteiger partial charge in [0.15, 0.2) is 0 Å². The molecule has 138 valence electrons. The van der Waals surface area contributed by atoms with Crippen LogP contribution < -0.4 is 0 Å². The first-order valence-corrected chi connectivity index (χ1v) is 10.3. The van der Waals surface area contributed by atoms with Gasteiger partial charge in [0.05, 0.1) is 12.4 Å². The standard InChI is InChI=1S/C21H18BrCl2N3/c1-2-26-12-18(17-10-15(22)4-6-20(17)26)21(27-8-7-25-13-27)9-14-3-5-16(23)11-19(14)24/h3-8,10-13,21H,2,9H2,1H3. The van der Waals surface area contributed by atoms with Gasteiger partial charge in [0, 0.05) is 56.1 Å². The molecule has 0 saturated carbocycles. The Balaban J connectivity index is 1.87. The number of aryl methyl sites for hydroxylation is 1. The highest BCUT2D eigenvalue weighted by Crippen LogP contribution is 2.34. The van der Waals surface area contributed by atoms with Crippen molar-refractivity contribution in [1.82, 2.24) is 14.1 Å². The highest BCUT2D eigenvalue weighted by atomic mass is 79.9. The van der Waals surface area contributed by atoms with Crippen LogP contribution in [0, 0.1) is 0 Å². The first kappa shape index (κ1) is 18.6. The molecule has 27 heavy (non-hydrogen) atoms. The van der Waals surface area contributed by atoms with E-state index >= 15 is 0 Å². The summed E-state index contributed by atoms with van der Waals surface area (Å²) in [5.74, 6) is 0. The van der Waals surface area contributed by atoms with Gasteiger partial charge in [-0.1, -0.05) is 45.2 Å². The summed E-state index contributed by atoms with van der Waals surface area (Å²) < 4.78 is 5.49. The fourth-order valence-corrected chi connectivity index (χ4v) is 4.40. The van der Waals surface area contributed by atoms with Crippen LogP contribution in [-0.2, 0) is 13.0 Å². The second-order valence-electron chi connectivity index (χ2n) is 6.50. The van der Waals surface area contributed by atoms with Crippen LogP contribution in [0.15, 0.2) is 65.8 Å². The minimum atomic E-state index is 0.0794. The zero-order valence-corrected chi connectivity index (χ0v) is 17.8. The predicted octanol–water partition coefficient (Wildman–Crippen LogP) is 6.76. The van der Waals surface area contributed by atoms with E-state index in [9.17, 15) is 0 Å². The minimum Gasteiger partial charge on any atom is -0.347 e. The molecule has 4 rings (SSSR count). The van der Waals surface area contributed by atoms with Crippen molar-refractivity contribution in [2.45, 2.75) is 25.9 Å². The summed E-state index contributed by atoms with van der Waals surface area (Å²) in [6.45, 7) is 3.07. The maximum absolute atomic E-state index is 6.48. The molecule has 1 atom stereocenters. The van der Waals surface area contributed by atoms with E-state index in [-0.39, 0.29) is 6.04 Å². The van der Waals surface area contributed by atoms with Crippen molar-refractivity contribution >= 4 is 50.0 Å². The van der Waals surface area contributed by atoms with Crippen molar-refractivity contribution in [3.8, 4) is 0 Å². The highest BCUT2D eigenvalue weighted by Gasteiger charge is 2.21. The van der Waals surface area contributed by atoms with Crippen molar-refractivity contribution in [2.24, 2.45) is 0 Å². The van der Waals surface area contributed by atoms with Gasteiger partial charge in [-0.25, -0.2) is 4.98 Å². The molecule has 2 aromatic heterocycles. The van der Waals surface area contributed by atoms with Gasteiger partial charge in [-0.3, -0.25) is 0 Å². The first-order valence-electron chi connectivity index (χ1n) is 8.76. The molecule has 0 fully saturated rings. The highest BCUT2D eigenvalue weighted by molar-refractivity contribution is 9.10. The lowest BCUT2D eigenvalue weighted by Crippen LogP contribution is -2.12. The van der Waals surface area contributed by atoms with E-state index in [2.05, 4.69) is 61.4 Å². The van der Waals surface area contributed by atoms with E-state index in [0.717, 1.165) is 23.0 Å². The number of fused-ring (bicyclic) bond motifs is 1. The number of nitrogens with zero attached hydrogens (tertiary/aromatic N) is 3. The monoisotopic (exact) mass is 461 g/mol. The molecular formula is C21H18BrCl2N3. The summed E-state index contributed by atoms with van der Waals surface area (Å²) in [6.07, 6.45) is 8.67. The largest absolute Gasteiger partial charge is 0.347 e. The maximum atomic E-state index is 6.48. The van der Waals surface area contributed by atoms with Crippen LogP contribution in [0.25, 0.3) is 10.9 Å². The third kappa shape index (κ3) is 3.66. The normalized spacial score (nSPS) is 12.6. The van der Waals surface area contributed by atoms with Crippen LogP contribution in [-0.4, -0.2) is 14.1 Å². The van der Waals surface area contributed by atoms with Gasteiger partial charge in [0.1, 0.15) is 0 Å². The Morgan fingerprint density at radius 2 is 2.00 bits per heavy atom. The SMILES string of the molecule is CCn1cc(C(Cc2ccc(Cl)cc2Cl)n2ccnc2)c2cc(Br)ccc21. The second kappa shape index (κ2) is 7.70. The van der Waals surface area contributed by atoms with Crippen LogP contribution in [0.1, 0.15) is 24.1 Å². The quantitative estimate of drug-likeness (QED) is 0.321. The third-order valence-corrected chi connectivity index (χ3v) is 5.97. The predicted molar refractivity (Wildman–Crippen MR) is 116 cm³/mol. The van der Waals surface area contributed by atoms with E-state index in [1.54, 1.807) is 6.07 Å². The number of hydrogen-bond acceptors (Lipinski definition) is 1. The molecule has 4 aromatic rings. The average Bonchev–Trinajstić information content (AvgIpc) is 3.29. The zero-order valence-electron chi connectivity index (χ0n) is 14.7. The summed E-state index contributed by atoms with van der Waals surface area (Å²) in [7, 11) is 0. The molecule has 0 bridgehead atoms. The Bertz CT molecular complexity index is 1090. The molecule has 3 nitrogen and oxygen atoms in total.